The van der Waals surface area contributed by atoms with Crippen LogP contribution in [0.4, 0.5) is 0 Å². The van der Waals surface area contributed by atoms with Gasteiger partial charge in [0.2, 0.25) is 0 Å². The summed E-state index contributed by atoms with van der Waals surface area (Å²) in [6, 6.07) is 14.4. The number of hydrogen-bond acceptors (Lipinski definition) is 2. The molecule has 3 nitrogen and oxygen atoms in total. The van der Waals surface area contributed by atoms with E-state index in [9.17, 15) is 9.90 Å². The van der Waals surface area contributed by atoms with Crippen LogP contribution in [-0.2, 0) is 4.79 Å². The van der Waals surface area contributed by atoms with Crippen LogP contribution in [0.25, 0.3) is 0 Å². The smallest absolute Gasteiger partial charge is 0.320 e. The quantitative estimate of drug-likeness (QED) is 0.874. The van der Waals surface area contributed by atoms with Crippen LogP contribution in [0, 0.1) is 0 Å². The molecule has 0 amide bonds. The Bertz CT molecular complexity index is 702. The molecule has 2 atom stereocenters. The highest BCUT2D eigenvalue weighted by Crippen LogP contribution is 2.38. The number of nitrogens with zero attached hydrogens (tertiary/aromatic N) is 1. The van der Waals surface area contributed by atoms with Gasteiger partial charge in [-0.1, -0.05) is 53.5 Å². The zero-order valence-electron chi connectivity index (χ0n) is 12.5. The van der Waals surface area contributed by atoms with Crippen LogP contribution in [0.3, 0.4) is 0 Å². The molecule has 3 rings (SSSR count). The van der Waals surface area contributed by atoms with Gasteiger partial charge in [0.05, 0.1) is 6.04 Å². The average Bonchev–Trinajstić information content (AvgIpc) is 3.01. The van der Waals surface area contributed by atoms with Crippen LogP contribution in [0.2, 0.25) is 10.0 Å². The summed E-state index contributed by atoms with van der Waals surface area (Å²) in [5.74, 6) is -0.784. The Balaban J connectivity index is 2.08. The molecule has 0 aliphatic carbocycles. The molecule has 0 spiro atoms. The lowest BCUT2D eigenvalue weighted by atomic mass is 9.96. The molecule has 1 heterocycles. The highest BCUT2D eigenvalue weighted by molar-refractivity contribution is 6.31. The van der Waals surface area contributed by atoms with Gasteiger partial charge in [0.25, 0.3) is 0 Å². The van der Waals surface area contributed by atoms with E-state index in [0.29, 0.717) is 16.5 Å². The van der Waals surface area contributed by atoms with Gasteiger partial charge in [-0.3, -0.25) is 9.69 Å². The summed E-state index contributed by atoms with van der Waals surface area (Å²) in [5.41, 5.74) is 1.92. The van der Waals surface area contributed by atoms with Gasteiger partial charge in [-0.2, -0.15) is 0 Å². The van der Waals surface area contributed by atoms with Gasteiger partial charge >= 0.3 is 5.97 Å². The number of carboxylic acid groups (broad SMARTS) is 1. The van der Waals surface area contributed by atoms with E-state index in [4.69, 9.17) is 23.2 Å². The SMILES string of the molecule is O=C(O)C1CCCN1C(c1ccc(Cl)cc1)c1ccccc1Cl. The third kappa shape index (κ3) is 3.37. The van der Waals surface area contributed by atoms with Gasteiger partial charge in [0.15, 0.2) is 0 Å². The maximum Gasteiger partial charge on any atom is 0.320 e. The topological polar surface area (TPSA) is 40.5 Å². The molecule has 23 heavy (non-hydrogen) atoms. The predicted molar refractivity (Wildman–Crippen MR) is 92.1 cm³/mol. The van der Waals surface area contributed by atoms with Crippen molar-refractivity contribution in [3.63, 3.8) is 0 Å². The summed E-state index contributed by atoms with van der Waals surface area (Å²) in [5, 5.41) is 10.8. The fraction of sp³-hybridized carbons (Fsp3) is 0.278. The van der Waals surface area contributed by atoms with Crippen molar-refractivity contribution in [1.82, 2.24) is 4.90 Å². The molecular formula is C18H17Cl2NO2. The predicted octanol–water partition coefficient (Wildman–Crippen LogP) is 4.63. The van der Waals surface area contributed by atoms with E-state index >= 15 is 0 Å². The normalized spacial score (nSPS) is 19.7. The Labute approximate surface area is 145 Å². The molecule has 0 aromatic heterocycles. The Morgan fingerprint density at radius 2 is 1.83 bits per heavy atom. The molecule has 2 aromatic rings. The summed E-state index contributed by atoms with van der Waals surface area (Å²) in [7, 11) is 0. The maximum atomic E-state index is 11.6. The summed E-state index contributed by atoms with van der Waals surface area (Å²) in [6.45, 7) is 0.732. The second-order valence-electron chi connectivity index (χ2n) is 5.71. The van der Waals surface area contributed by atoms with E-state index in [0.717, 1.165) is 24.1 Å². The minimum absolute atomic E-state index is 0.190. The highest BCUT2D eigenvalue weighted by Gasteiger charge is 2.37. The summed E-state index contributed by atoms with van der Waals surface area (Å²) >= 11 is 12.4. The molecule has 5 heteroatoms. The molecule has 2 aromatic carbocycles. The maximum absolute atomic E-state index is 11.6. The molecule has 0 saturated carbocycles. The average molecular weight is 350 g/mol. The van der Waals surface area contributed by atoms with E-state index in [1.54, 1.807) is 0 Å². The Hall–Kier alpha value is -1.55. The number of benzene rings is 2. The molecule has 1 saturated heterocycles. The summed E-state index contributed by atoms with van der Waals surface area (Å²) < 4.78 is 0. The summed E-state index contributed by atoms with van der Waals surface area (Å²) in [6.07, 6.45) is 1.52. The Morgan fingerprint density at radius 1 is 1.13 bits per heavy atom. The monoisotopic (exact) mass is 349 g/mol. The molecule has 1 N–H and O–H groups in total. The van der Waals surface area contributed by atoms with Crippen LogP contribution < -0.4 is 0 Å². The van der Waals surface area contributed by atoms with E-state index in [2.05, 4.69) is 0 Å². The third-order valence-electron chi connectivity index (χ3n) is 4.30. The van der Waals surface area contributed by atoms with Crippen molar-refractivity contribution in [1.29, 1.82) is 0 Å². The van der Waals surface area contributed by atoms with Crippen LogP contribution in [0.1, 0.15) is 30.0 Å². The second kappa shape index (κ2) is 6.91. The van der Waals surface area contributed by atoms with Crippen molar-refractivity contribution >= 4 is 29.2 Å². The van der Waals surface area contributed by atoms with Crippen molar-refractivity contribution in [2.45, 2.75) is 24.9 Å². The third-order valence-corrected chi connectivity index (χ3v) is 4.89. The van der Waals surface area contributed by atoms with Gasteiger partial charge in [0, 0.05) is 16.6 Å². The molecule has 120 valence electrons. The lowest BCUT2D eigenvalue weighted by Gasteiger charge is -2.32. The largest absolute Gasteiger partial charge is 0.480 e. The molecule has 0 radical (unpaired) electrons. The minimum Gasteiger partial charge on any atom is -0.480 e. The first kappa shape index (κ1) is 16.3. The van der Waals surface area contributed by atoms with Gasteiger partial charge in [-0.05, 0) is 42.2 Å². The number of carbonyl (C=O) groups is 1. The number of halogens is 2. The minimum atomic E-state index is -0.784. The van der Waals surface area contributed by atoms with Crippen molar-refractivity contribution in [3.8, 4) is 0 Å². The standard InChI is InChI=1S/C18H17Cl2NO2/c19-13-9-7-12(8-10-13)17(14-4-1-2-5-15(14)20)21-11-3-6-16(21)18(22)23/h1-2,4-5,7-10,16-17H,3,6,11H2,(H,22,23). The van der Waals surface area contributed by atoms with E-state index in [1.165, 1.54) is 0 Å². The Kier molecular flexibility index (Phi) is 4.90. The lowest BCUT2D eigenvalue weighted by Crippen LogP contribution is -2.39. The zero-order valence-corrected chi connectivity index (χ0v) is 14.0. The van der Waals surface area contributed by atoms with Gasteiger partial charge in [-0.25, -0.2) is 0 Å². The molecule has 1 fully saturated rings. The van der Waals surface area contributed by atoms with Gasteiger partial charge in [-0.15, -0.1) is 0 Å². The first-order valence-electron chi connectivity index (χ1n) is 7.56. The van der Waals surface area contributed by atoms with Crippen molar-refractivity contribution in [2.75, 3.05) is 6.54 Å². The van der Waals surface area contributed by atoms with Crippen molar-refractivity contribution < 1.29 is 9.90 Å². The molecule has 2 unspecified atom stereocenters. The zero-order chi connectivity index (χ0) is 16.4. The van der Waals surface area contributed by atoms with Gasteiger partial charge in [0.1, 0.15) is 6.04 Å². The number of hydrogen-bond donors (Lipinski definition) is 1. The molecule has 1 aliphatic rings. The van der Waals surface area contributed by atoms with Crippen LogP contribution in [0.5, 0.6) is 0 Å². The first-order chi connectivity index (χ1) is 11.1. The van der Waals surface area contributed by atoms with Crippen molar-refractivity contribution in [2.24, 2.45) is 0 Å². The Morgan fingerprint density at radius 3 is 2.48 bits per heavy atom. The van der Waals surface area contributed by atoms with E-state index in [1.807, 2.05) is 53.4 Å². The fourth-order valence-corrected chi connectivity index (χ4v) is 3.62. The molecule has 0 bridgehead atoms. The van der Waals surface area contributed by atoms with Gasteiger partial charge < -0.3 is 5.11 Å². The summed E-state index contributed by atoms with van der Waals surface area (Å²) in [4.78, 5) is 13.6. The van der Waals surface area contributed by atoms with E-state index < -0.39 is 12.0 Å². The fourth-order valence-electron chi connectivity index (χ4n) is 3.25. The highest BCUT2D eigenvalue weighted by atomic mass is 35.5. The van der Waals surface area contributed by atoms with Crippen LogP contribution >= 0.6 is 23.2 Å². The number of aliphatic carboxylic acids is 1. The van der Waals surface area contributed by atoms with E-state index in [-0.39, 0.29) is 6.04 Å². The second-order valence-corrected chi connectivity index (χ2v) is 6.55. The van der Waals surface area contributed by atoms with Crippen molar-refractivity contribution in [3.05, 3.63) is 69.7 Å². The molecular weight excluding hydrogens is 333 g/mol. The van der Waals surface area contributed by atoms with Crippen LogP contribution in [0.15, 0.2) is 48.5 Å². The van der Waals surface area contributed by atoms with Crippen LogP contribution in [-0.4, -0.2) is 28.6 Å². The lowest BCUT2D eigenvalue weighted by molar-refractivity contribution is -0.142. The number of likely N-dealkylation sites (tertiary alicyclic amines) is 1. The molecule has 1 aliphatic heterocycles. The number of carboxylic acids is 1. The first-order valence-corrected chi connectivity index (χ1v) is 8.32. The number of rotatable bonds is 4.